The number of benzene rings is 1. The standard InChI is InChI=1S/C30H37F3N8O4/c1-17-6-7-22(31)20(12-17)21-15-41(16-23(21)36-29(43)44-30(2,3)4)27-34-13-18(14-35-27)26(42)39(5)19-8-10-40(11-9-19)28-37-25(24(32)33)38-45-28/h6-7,12-14,19,21,23-24H,8-11,15-16H2,1-5H3,(H,36,43). The molecule has 242 valence electrons. The van der Waals surface area contributed by atoms with Crippen molar-refractivity contribution in [2.24, 2.45) is 0 Å². The average Bonchev–Trinajstić information content (AvgIpc) is 3.65. The Morgan fingerprint density at radius 2 is 1.80 bits per heavy atom. The number of ether oxygens (including phenoxy) is 1. The number of hydrogen-bond acceptors (Lipinski definition) is 10. The first-order valence-corrected chi connectivity index (χ1v) is 14.8. The largest absolute Gasteiger partial charge is 0.444 e. The van der Waals surface area contributed by atoms with Crippen LogP contribution in [0.3, 0.4) is 0 Å². The second-order valence-electron chi connectivity index (χ2n) is 12.4. The Hall–Kier alpha value is -4.43. The number of rotatable bonds is 7. The number of aryl methyl sites for hydroxylation is 1. The molecule has 2 aliphatic rings. The van der Waals surface area contributed by atoms with E-state index in [1.54, 1.807) is 49.8 Å². The van der Waals surface area contributed by atoms with Crippen LogP contribution in [0.5, 0.6) is 0 Å². The summed E-state index contributed by atoms with van der Waals surface area (Å²) >= 11 is 0. The van der Waals surface area contributed by atoms with Crippen molar-refractivity contribution in [2.45, 2.75) is 70.6 Å². The van der Waals surface area contributed by atoms with Crippen molar-refractivity contribution >= 4 is 24.0 Å². The summed E-state index contributed by atoms with van der Waals surface area (Å²) in [5.74, 6) is -1.33. The Balaban J connectivity index is 1.24. The number of nitrogens with one attached hydrogen (secondary N) is 1. The quantitative estimate of drug-likeness (QED) is 0.399. The number of carbonyl (C=O) groups is 2. The molecule has 0 spiro atoms. The van der Waals surface area contributed by atoms with E-state index in [4.69, 9.17) is 9.26 Å². The third-order valence-corrected chi connectivity index (χ3v) is 7.97. The molecule has 2 aromatic heterocycles. The number of alkyl carbamates (subject to hydrolysis) is 1. The minimum absolute atomic E-state index is 0.0412. The minimum atomic E-state index is -2.81. The van der Waals surface area contributed by atoms with Gasteiger partial charge in [-0.3, -0.25) is 4.79 Å². The van der Waals surface area contributed by atoms with Crippen molar-refractivity contribution in [1.82, 2.24) is 30.3 Å². The molecule has 4 heterocycles. The lowest BCUT2D eigenvalue weighted by atomic mass is 9.92. The maximum Gasteiger partial charge on any atom is 0.407 e. The zero-order valence-electron chi connectivity index (χ0n) is 25.8. The highest BCUT2D eigenvalue weighted by Gasteiger charge is 2.38. The summed E-state index contributed by atoms with van der Waals surface area (Å²) in [4.78, 5) is 43.8. The number of anilines is 2. The molecule has 12 nitrogen and oxygen atoms in total. The molecule has 2 unspecified atom stereocenters. The molecule has 1 N–H and O–H groups in total. The summed E-state index contributed by atoms with van der Waals surface area (Å²) in [5, 5.41) is 6.20. The lowest BCUT2D eigenvalue weighted by Crippen LogP contribution is -2.45. The van der Waals surface area contributed by atoms with Crippen LogP contribution in [0.2, 0.25) is 0 Å². The van der Waals surface area contributed by atoms with Gasteiger partial charge >= 0.3 is 18.5 Å². The molecule has 3 aromatic rings. The number of aromatic nitrogens is 4. The maximum absolute atomic E-state index is 15.0. The van der Waals surface area contributed by atoms with Crippen molar-refractivity contribution in [2.75, 3.05) is 43.0 Å². The number of hydrogen-bond donors (Lipinski definition) is 1. The molecule has 15 heteroatoms. The van der Waals surface area contributed by atoms with Gasteiger partial charge in [0.2, 0.25) is 11.8 Å². The summed E-state index contributed by atoms with van der Waals surface area (Å²) in [6, 6.07) is 4.35. The fourth-order valence-electron chi connectivity index (χ4n) is 5.69. The van der Waals surface area contributed by atoms with Crippen molar-refractivity contribution in [3.63, 3.8) is 0 Å². The Kier molecular flexibility index (Phi) is 9.16. The van der Waals surface area contributed by atoms with Crippen LogP contribution in [0.1, 0.15) is 73.3 Å². The molecule has 5 rings (SSSR count). The molecular formula is C30H37F3N8O4. The highest BCUT2D eigenvalue weighted by Crippen LogP contribution is 2.32. The van der Waals surface area contributed by atoms with Crippen LogP contribution in [0.4, 0.5) is 29.9 Å². The van der Waals surface area contributed by atoms with Gasteiger partial charge < -0.3 is 29.3 Å². The van der Waals surface area contributed by atoms with Crippen molar-refractivity contribution < 1.29 is 32.0 Å². The first-order chi connectivity index (χ1) is 21.3. The Bertz CT molecular complexity index is 1510. The monoisotopic (exact) mass is 630 g/mol. The second-order valence-corrected chi connectivity index (χ2v) is 12.4. The van der Waals surface area contributed by atoms with Gasteiger partial charge in [0.05, 0.1) is 11.6 Å². The molecule has 1 aromatic carbocycles. The van der Waals surface area contributed by atoms with Crippen LogP contribution < -0.4 is 15.1 Å². The van der Waals surface area contributed by atoms with E-state index in [9.17, 15) is 22.8 Å². The average molecular weight is 631 g/mol. The van der Waals surface area contributed by atoms with Gasteiger partial charge in [0, 0.05) is 57.6 Å². The van der Waals surface area contributed by atoms with Gasteiger partial charge in [-0.25, -0.2) is 27.9 Å². The van der Waals surface area contributed by atoms with Crippen LogP contribution in [0.15, 0.2) is 35.1 Å². The molecule has 0 saturated carbocycles. The highest BCUT2D eigenvalue weighted by molar-refractivity contribution is 5.93. The smallest absolute Gasteiger partial charge is 0.407 e. The molecule has 45 heavy (non-hydrogen) atoms. The topological polar surface area (TPSA) is 130 Å². The molecule has 0 aliphatic carbocycles. The summed E-state index contributed by atoms with van der Waals surface area (Å²) in [7, 11) is 1.70. The fraction of sp³-hybridized carbons (Fsp3) is 0.533. The number of nitrogens with zero attached hydrogens (tertiary/aromatic N) is 7. The van der Waals surface area contributed by atoms with Crippen LogP contribution >= 0.6 is 0 Å². The number of piperidine rings is 1. The van der Waals surface area contributed by atoms with Crippen LogP contribution in [-0.4, -0.2) is 87.9 Å². The Morgan fingerprint density at radius 1 is 1.11 bits per heavy atom. The first kappa shape index (κ1) is 32.0. The molecule has 0 radical (unpaired) electrons. The van der Waals surface area contributed by atoms with E-state index in [2.05, 4.69) is 25.4 Å². The zero-order chi connectivity index (χ0) is 32.5. The number of amides is 2. The molecule has 2 amide bonds. The highest BCUT2D eigenvalue weighted by atomic mass is 19.3. The van der Waals surface area contributed by atoms with E-state index in [0.29, 0.717) is 56.1 Å². The number of halogens is 3. The van der Waals surface area contributed by atoms with E-state index in [1.807, 2.05) is 11.8 Å². The van der Waals surface area contributed by atoms with Crippen LogP contribution in [0.25, 0.3) is 0 Å². The van der Waals surface area contributed by atoms with Gasteiger partial charge in [0.15, 0.2) is 0 Å². The minimum Gasteiger partial charge on any atom is -0.444 e. The van der Waals surface area contributed by atoms with Crippen molar-refractivity contribution in [3.05, 3.63) is 58.9 Å². The molecule has 2 atom stereocenters. The molecule has 2 saturated heterocycles. The molecule has 2 aliphatic heterocycles. The summed E-state index contributed by atoms with van der Waals surface area (Å²) in [6.45, 7) is 8.75. The van der Waals surface area contributed by atoms with Crippen LogP contribution in [-0.2, 0) is 4.74 Å². The fourth-order valence-corrected chi connectivity index (χ4v) is 5.69. The Labute approximate surface area is 258 Å². The third kappa shape index (κ3) is 7.45. The summed E-state index contributed by atoms with van der Waals surface area (Å²) in [6.07, 6.45) is 0.651. The van der Waals surface area contributed by atoms with Gasteiger partial charge in [0.1, 0.15) is 11.4 Å². The van der Waals surface area contributed by atoms with E-state index < -0.39 is 35.9 Å². The first-order valence-electron chi connectivity index (χ1n) is 14.8. The van der Waals surface area contributed by atoms with Gasteiger partial charge in [0.25, 0.3) is 5.91 Å². The van der Waals surface area contributed by atoms with Crippen molar-refractivity contribution in [1.29, 1.82) is 0 Å². The lowest BCUT2D eigenvalue weighted by Gasteiger charge is -2.35. The predicted octanol–water partition coefficient (Wildman–Crippen LogP) is 4.48. The van der Waals surface area contributed by atoms with E-state index >= 15 is 0 Å². The SMILES string of the molecule is Cc1ccc(F)c(C2CN(c3ncc(C(=O)N(C)C4CCN(c5nc(C(F)F)no5)CC4)cn3)CC2NC(=O)OC(C)(C)C)c1. The van der Waals surface area contributed by atoms with Gasteiger partial charge in [-0.2, -0.15) is 4.98 Å². The van der Waals surface area contributed by atoms with E-state index in [1.165, 1.54) is 18.5 Å². The number of carbonyl (C=O) groups excluding carboxylic acids is 2. The van der Waals surface area contributed by atoms with Crippen molar-refractivity contribution in [3.8, 4) is 0 Å². The zero-order valence-corrected chi connectivity index (χ0v) is 25.8. The predicted molar refractivity (Wildman–Crippen MR) is 158 cm³/mol. The molecular weight excluding hydrogens is 593 g/mol. The Morgan fingerprint density at radius 3 is 2.42 bits per heavy atom. The van der Waals surface area contributed by atoms with Crippen LogP contribution in [0, 0.1) is 12.7 Å². The van der Waals surface area contributed by atoms with E-state index in [0.717, 1.165) is 5.56 Å². The van der Waals surface area contributed by atoms with Gasteiger partial charge in [-0.05, 0) is 52.2 Å². The van der Waals surface area contributed by atoms with Gasteiger partial charge in [-0.1, -0.05) is 22.9 Å². The molecule has 0 bridgehead atoms. The maximum atomic E-state index is 15.0. The normalized spacial score (nSPS) is 19.2. The molecule has 2 fully saturated rings. The summed E-state index contributed by atoms with van der Waals surface area (Å²) in [5.41, 5.74) is 0.972. The lowest BCUT2D eigenvalue weighted by molar-refractivity contribution is 0.0504. The van der Waals surface area contributed by atoms with Gasteiger partial charge in [-0.15, -0.1) is 0 Å². The summed E-state index contributed by atoms with van der Waals surface area (Å²) < 4.78 is 51.0. The third-order valence-electron chi connectivity index (χ3n) is 7.97. The number of alkyl halides is 2. The van der Waals surface area contributed by atoms with E-state index in [-0.39, 0.29) is 23.8 Å². The second kappa shape index (κ2) is 12.9.